The third-order valence-corrected chi connectivity index (χ3v) is 3.37. The summed E-state index contributed by atoms with van der Waals surface area (Å²) in [5, 5.41) is 3.44. The van der Waals surface area contributed by atoms with Gasteiger partial charge < -0.3 is 10.3 Å². The van der Waals surface area contributed by atoms with E-state index >= 15 is 0 Å². The molecule has 0 aliphatic carbocycles. The number of benzene rings is 1. The lowest BCUT2D eigenvalue weighted by atomic mass is 9.95. The number of aromatic nitrogens is 2. The highest BCUT2D eigenvalue weighted by Crippen LogP contribution is 2.13. The second kappa shape index (κ2) is 4.74. The summed E-state index contributed by atoms with van der Waals surface area (Å²) in [4.78, 5) is 18.6. The lowest BCUT2D eigenvalue weighted by molar-refractivity contribution is 0.466. The molecule has 0 bridgehead atoms. The Kier molecular flexibility index (Phi) is 2.94. The maximum atomic E-state index is 11.7. The molecule has 18 heavy (non-hydrogen) atoms. The maximum Gasteiger partial charge on any atom is 0.254 e. The van der Waals surface area contributed by atoms with Crippen LogP contribution in [0.2, 0.25) is 0 Å². The zero-order valence-corrected chi connectivity index (χ0v) is 10.0. The Morgan fingerprint density at radius 3 is 2.94 bits per heavy atom. The van der Waals surface area contributed by atoms with Crippen molar-refractivity contribution in [2.75, 3.05) is 0 Å². The molecule has 0 spiro atoms. The largest absolute Gasteiger partial charge is 0.313 e. The fraction of sp³-hybridized carbons (Fsp3) is 0.286. The van der Waals surface area contributed by atoms with Crippen molar-refractivity contribution in [3.8, 4) is 0 Å². The fourth-order valence-electron chi connectivity index (χ4n) is 2.43. The third kappa shape index (κ3) is 2.19. The standard InChI is InChI=1S/C14H15N3O/c18-14-12-7-11(6-10-4-2-1-3-5-10)15-8-13(12)16-9-17-14/h1-5,9,11,15H,6-8H2,(H,16,17,18)/t11-/m0/s1. The zero-order chi connectivity index (χ0) is 12.4. The predicted octanol–water partition coefficient (Wildman–Crippen LogP) is 1.03. The Labute approximate surface area is 105 Å². The van der Waals surface area contributed by atoms with E-state index in [4.69, 9.17) is 0 Å². The molecule has 0 saturated carbocycles. The first-order chi connectivity index (χ1) is 8.83. The summed E-state index contributed by atoms with van der Waals surface area (Å²) in [6.45, 7) is 0.677. The molecule has 92 valence electrons. The molecule has 3 rings (SSSR count). The first kappa shape index (κ1) is 11.2. The number of nitrogens with one attached hydrogen (secondary N) is 2. The van der Waals surface area contributed by atoms with Crippen LogP contribution < -0.4 is 10.9 Å². The second-order valence-electron chi connectivity index (χ2n) is 4.63. The first-order valence-corrected chi connectivity index (χ1v) is 6.15. The van der Waals surface area contributed by atoms with Gasteiger partial charge in [-0.25, -0.2) is 4.98 Å². The molecule has 2 N–H and O–H groups in total. The maximum absolute atomic E-state index is 11.7. The van der Waals surface area contributed by atoms with E-state index in [0.717, 1.165) is 24.1 Å². The van der Waals surface area contributed by atoms with Crippen molar-refractivity contribution in [1.82, 2.24) is 15.3 Å². The molecule has 0 amide bonds. The van der Waals surface area contributed by atoms with E-state index in [2.05, 4.69) is 27.4 Å². The van der Waals surface area contributed by atoms with Crippen LogP contribution in [0.5, 0.6) is 0 Å². The van der Waals surface area contributed by atoms with E-state index in [9.17, 15) is 4.79 Å². The highest BCUT2D eigenvalue weighted by molar-refractivity contribution is 5.23. The van der Waals surface area contributed by atoms with Crippen molar-refractivity contribution >= 4 is 0 Å². The summed E-state index contributed by atoms with van der Waals surface area (Å²) >= 11 is 0. The van der Waals surface area contributed by atoms with Crippen LogP contribution in [0.15, 0.2) is 41.5 Å². The molecule has 2 aromatic rings. The number of hydrogen-bond donors (Lipinski definition) is 2. The average Bonchev–Trinajstić information content (AvgIpc) is 2.41. The summed E-state index contributed by atoms with van der Waals surface area (Å²) < 4.78 is 0. The van der Waals surface area contributed by atoms with E-state index < -0.39 is 0 Å². The van der Waals surface area contributed by atoms with Crippen LogP contribution in [-0.2, 0) is 19.4 Å². The predicted molar refractivity (Wildman–Crippen MR) is 69.3 cm³/mol. The van der Waals surface area contributed by atoms with E-state index in [1.54, 1.807) is 0 Å². The van der Waals surface area contributed by atoms with Gasteiger partial charge in [0.05, 0.1) is 12.0 Å². The zero-order valence-electron chi connectivity index (χ0n) is 10.0. The molecular formula is C14H15N3O. The highest BCUT2D eigenvalue weighted by Gasteiger charge is 2.21. The number of hydrogen-bond acceptors (Lipinski definition) is 3. The van der Waals surface area contributed by atoms with Crippen molar-refractivity contribution in [2.45, 2.75) is 25.4 Å². The molecule has 0 saturated heterocycles. The molecular weight excluding hydrogens is 226 g/mol. The molecule has 0 unspecified atom stereocenters. The summed E-state index contributed by atoms with van der Waals surface area (Å²) in [6, 6.07) is 10.6. The minimum Gasteiger partial charge on any atom is -0.313 e. The van der Waals surface area contributed by atoms with Gasteiger partial charge in [-0.1, -0.05) is 30.3 Å². The summed E-state index contributed by atoms with van der Waals surface area (Å²) in [5.74, 6) is 0. The Morgan fingerprint density at radius 1 is 1.28 bits per heavy atom. The van der Waals surface area contributed by atoms with E-state index in [0.29, 0.717) is 12.6 Å². The SMILES string of the molecule is O=c1[nH]cnc2c1C[C@H](Cc1ccccc1)NC2. The second-order valence-corrected chi connectivity index (χ2v) is 4.63. The van der Waals surface area contributed by atoms with Crippen LogP contribution in [0.1, 0.15) is 16.8 Å². The van der Waals surface area contributed by atoms with Crippen molar-refractivity contribution < 1.29 is 0 Å². The Morgan fingerprint density at radius 2 is 2.11 bits per heavy atom. The number of H-pyrrole nitrogens is 1. The molecule has 1 aliphatic rings. The van der Waals surface area contributed by atoms with E-state index in [-0.39, 0.29) is 5.56 Å². The highest BCUT2D eigenvalue weighted by atomic mass is 16.1. The van der Waals surface area contributed by atoms with Gasteiger partial charge in [-0.2, -0.15) is 0 Å². The molecule has 1 atom stereocenters. The van der Waals surface area contributed by atoms with Crippen LogP contribution in [0.4, 0.5) is 0 Å². The number of aromatic amines is 1. The monoisotopic (exact) mass is 241 g/mol. The van der Waals surface area contributed by atoms with Gasteiger partial charge in [0.2, 0.25) is 0 Å². The molecule has 2 heterocycles. The molecule has 1 aromatic carbocycles. The van der Waals surface area contributed by atoms with Gasteiger partial charge in [0.1, 0.15) is 0 Å². The summed E-state index contributed by atoms with van der Waals surface area (Å²) in [7, 11) is 0. The smallest absolute Gasteiger partial charge is 0.254 e. The molecule has 4 nitrogen and oxygen atoms in total. The van der Waals surface area contributed by atoms with Gasteiger partial charge in [0.25, 0.3) is 5.56 Å². The van der Waals surface area contributed by atoms with Gasteiger partial charge in [0, 0.05) is 18.2 Å². The van der Waals surface area contributed by atoms with Crippen molar-refractivity contribution in [3.63, 3.8) is 0 Å². The summed E-state index contributed by atoms with van der Waals surface area (Å²) in [6.07, 6.45) is 3.16. The molecule has 0 fully saturated rings. The molecule has 1 aliphatic heterocycles. The third-order valence-electron chi connectivity index (χ3n) is 3.37. The van der Waals surface area contributed by atoms with E-state index in [1.807, 2.05) is 18.2 Å². The molecule has 1 aromatic heterocycles. The molecule has 0 radical (unpaired) electrons. The van der Waals surface area contributed by atoms with Gasteiger partial charge >= 0.3 is 0 Å². The van der Waals surface area contributed by atoms with Gasteiger partial charge in [-0.3, -0.25) is 4.79 Å². The Hall–Kier alpha value is -1.94. The van der Waals surface area contributed by atoms with Crippen LogP contribution >= 0.6 is 0 Å². The van der Waals surface area contributed by atoms with Gasteiger partial charge in [-0.15, -0.1) is 0 Å². The van der Waals surface area contributed by atoms with Crippen LogP contribution in [-0.4, -0.2) is 16.0 Å². The van der Waals surface area contributed by atoms with Crippen LogP contribution in [0.25, 0.3) is 0 Å². The quantitative estimate of drug-likeness (QED) is 0.825. The molecule has 4 heteroatoms. The summed E-state index contributed by atoms with van der Waals surface area (Å²) in [5.41, 5.74) is 3.00. The van der Waals surface area contributed by atoms with Crippen LogP contribution in [0, 0.1) is 0 Å². The Balaban J connectivity index is 1.79. The minimum atomic E-state index is -0.000406. The average molecular weight is 241 g/mol. The first-order valence-electron chi connectivity index (χ1n) is 6.15. The Bertz CT molecular complexity index is 591. The van der Waals surface area contributed by atoms with Crippen molar-refractivity contribution in [3.05, 3.63) is 63.8 Å². The number of rotatable bonds is 2. The number of fused-ring (bicyclic) bond motifs is 1. The number of nitrogens with zero attached hydrogens (tertiary/aromatic N) is 1. The lowest BCUT2D eigenvalue weighted by Gasteiger charge is -2.24. The van der Waals surface area contributed by atoms with Gasteiger partial charge in [0.15, 0.2) is 0 Å². The topological polar surface area (TPSA) is 57.8 Å². The minimum absolute atomic E-state index is 0.000406. The van der Waals surface area contributed by atoms with Gasteiger partial charge in [-0.05, 0) is 18.4 Å². The van der Waals surface area contributed by atoms with E-state index in [1.165, 1.54) is 11.9 Å². The fourth-order valence-corrected chi connectivity index (χ4v) is 2.43. The normalized spacial score (nSPS) is 18.3. The lowest BCUT2D eigenvalue weighted by Crippen LogP contribution is -2.40. The van der Waals surface area contributed by atoms with Crippen molar-refractivity contribution in [1.29, 1.82) is 0 Å². The van der Waals surface area contributed by atoms with Crippen molar-refractivity contribution in [2.24, 2.45) is 0 Å². The van der Waals surface area contributed by atoms with Crippen LogP contribution in [0.3, 0.4) is 0 Å².